The largest absolute Gasteiger partial charge is 0.390 e. The quantitative estimate of drug-likeness (QED) is 0.228. The lowest BCUT2D eigenvalue weighted by molar-refractivity contribution is -0.351. The Morgan fingerprint density at radius 1 is 0.575 bits per heavy atom. The van der Waals surface area contributed by atoms with Crippen LogP contribution in [-0.2, 0) is 30.4 Å². The highest BCUT2D eigenvalue weighted by Gasteiger charge is 2.72. The summed E-state index contributed by atoms with van der Waals surface area (Å²) in [5.41, 5.74) is -4.98. The van der Waals surface area contributed by atoms with E-state index in [1.807, 2.05) is 121 Å². The number of hydrogen-bond donors (Lipinski definition) is 4. The van der Waals surface area contributed by atoms with Gasteiger partial charge < -0.3 is 25.2 Å². The van der Waals surface area contributed by atoms with Crippen LogP contribution in [0.5, 0.6) is 0 Å². The summed E-state index contributed by atoms with van der Waals surface area (Å²) in [6.07, 6.45) is -2.69. The van der Waals surface area contributed by atoms with Gasteiger partial charge in [-0.2, -0.15) is 0 Å². The van der Waals surface area contributed by atoms with Crippen LogP contribution in [0.15, 0.2) is 121 Å². The molecule has 1 aliphatic heterocycles. The van der Waals surface area contributed by atoms with Crippen LogP contribution in [0, 0.1) is 0 Å². The fourth-order valence-electron chi connectivity index (χ4n) is 6.01. The molecule has 5 nitrogen and oxygen atoms in total. The normalized spacial score (nSPS) is 29.1. The van der Waals surface area contributed by atoms with Crippen LogP contribution < -0.4 is 0 Å². The maximum absolute atomic E-state index is 12.9. The molecule has 0 saturated carbocycles. The van der Waals surface area contributed by atoms with Crippen LogP contribution in [0.25, 0.3) is 0 Å². The van der Waals surface area contributed by atoms with Crippen molar-refractivity contribution >= 4 is 11.6 Å². The van der Waals surface area contributed by atoms with E-state index >= 15 is 0 Å². The number of alkyl halides is 1. The molecule has 1 aliphatic rings. The zero-order valence-electron chi connectivity index (χ0n) is 22.2. The molecule has 5 rings (SSSR count). The molecule has 4 aromatic carbocycles. The first kappa shape index (κ1) is 28.5. The highest BCUT2D eigenvalue weighted by Crippen LogP contribution is 2.51. The van der Waals surface area contributed by atoms with Gasteiger partial charge in [0.05, 0.1) is 6.10 Å². The molecule has 0 radical (unpaired) electrons. The van der Waals surface area contributed by atoms with Crippen molar-refractivity contribution in [3.05, 3.63) is 144 Å². The molecule has 1 heterocycles. The first-order valence-corrected chi connectivity index (χ1v) is 14.0. The molecule has 0 aromatic heterocycles. The van der Waals surface area contributed by atoms with E-state index in [-0.39, 0.29) is 25.7 Å². The third-order valence-corrected chi connectivity index (χ3v) is 8.58. The van der Waals surface area contributed by atoms with Crippen molar-refractivity contribution in [2.24, 2.45) is 0 Å². The molecule has 0 spiro atoms. The molecular formula is C34H35ClO5. The minimum atomic E-state index is -2.24. The van der Waals surface area contributed by atoms with Gasteiger partial charge in [0.15, 0.2) is 5.56 Å². The SMILES string of the molecule is OC(Cc1ccccc1)[C@H]1O[C@@H](Cl)[C@@](O)(Cc2ccccc2)[C@](O)(Cc2ccccc2)[C@@]1(O)Cc1ccccc1. The fourth-order valence-corrected chi connectivity index (χ4v) is 6.38. The Labute approximate surface area is 240 Å². The molecule has 0 amide bonds. The maximum atomic E-state index is 12.9. The molecule has 6 atom stereocenters. The Bertz CT molecular complexity index is 1360. The van der Waals surface area contributed by atoms with E-state index in [4.69, 9.17) is 16.3 Å². The van der Waals surface area contributed by atoms with Crippen molar-refractivity contribution in [1.82, 2.24) is 0 Å². The van der Waals surface area contributed by atoms with Gasteiger partial charge in [0.2, 0.25) is 0 Å². The lowest BCUT2D eigenvalue weighted by Crippen LogP contribution is -2.82. The van der Waals surface area contributed by atoms with Gasteiger partial charge in [-0.15, -0.1) is 0 Å². The van der Waals surface area contributed by atoms with Crippen LogP contribution in [-0.4, -0.2) is 55.0 Å². The van der Waals surface area contributed by atoms with Gasteiger partial charge in [-0.05, 0) is 22.3 Å². The fraction of sp³-hybridized carbons (Fsp3) is 0.294. The van der Waals surface area contributed by atoms with E-state index in [2.05, 4.69) is 0 Å². The number of hydrogen-bond acceptors (Lipinski definition) is 5. The van der Waals surface area contributed by atoms with Gasteiger partial charge in [0, 0.05) is 25.7 Å². The Balaban J connectivity index is 1.66. The minimum absolute atomic E-state index is 0.0794. The predicted molar refractivity (Wildman–Crippen MR) is 156 cm³/mol. The minimum Gasteiger partial charge on any atom is -0.390 e. The van der Waals surface area contributed by atoms with Crippen molar-refractivity contribution in [2.45, 2.75) is 60.3 Å². The van der Waals surface area contributed by atoms with Crippen LogP contribution >= 0.6 is 11.6 Å². The number of rotatable bonds is 9. The standard InChI is InChI=1S/C34H35ClO5/c35-31-33(38,23-27-17-9-3-10-18-27)34(39,24-28-19-11-4-12-20-28)32(37,22-26-15-7-2-8-16-26)30(40-31)29(36)21-25-13-5-1-6-14-25/h1-20,29-31,36-39H,21-24H2/t29?,30-,31-,32-,33+,34+/m1/s1. The van der Waals surface area contributed by atoms with E-state index in [1.165, 1.54) is 0 Å². The number of benzene rings is 4. The third-order valence-electron chi connectivity index (χ3n) is 8.12. The second-order valence-corrected chi connectivity index (χ2v) is 11.2. The molecule has 0 aliphatic carbocycles. The van der Waals surface area contributed by atoms with E-state index < -0.39 is 34.6 Å². The highest BCUT2D eigenvalue weighted by atomic mass is 35.5. The second-order valence-electron chi connectivity index (χ2n) is 10.8. The van der Waals surface area contributed by atoms with Crippen molar-refractivity contribution in [3.8, 4) is 0 Å². The van der Waals surface area contributed by atoms with Gasteiger partial charge in [-0.3, -0.25) is 0 Å². The first-order valence-electron chi connectivity index (χ1n) is 13.6. The lowest BCUT2D eigenvalue weighted by atomic mass is 9.59. The van der Waals surface area contributed by atoms with Crippen LogP contribution in [0.4, 0.5) is 0 Å². The summed E-state index contributed by atoms with van der Waals surface area (Å²) in [6.45, 7) is 0. The number of ether oxygens (including phenoxy) is 1. The van der Waals surface area contributed by atoms with Gasteiger partial charge in [-0.1, -0.05) is 133 Å². The third kappa shape index (κ3) is 5.46. The summed E-state index contributed by atoms with van der Waals surface area (Å²) in [6, 6.07) is 37.0. The van der Waals surface area contributed by atoms with Crippen molar-refractivity contribution in [2.75, 3.05) is 0 Å². The smallest absolute Gasteiger partial charge is 0.163 e. The lowest BCUT2D eigenvalue weighted by Gasteiger charge is -2.61. The first-order chi connectivity index (χ1) is 19.2. The van der Waals surface area contributed by atoms with Crippen molar-refractivity contribution in [1.29, 1.82) is 0 Å². The van der Waals surface area contributed by atoms with E-state index in [1.54, 1.807) is 0 Å². The summed E-state index contributed by atoms with van der Waals surface area (Å²) in [4.78, 5) is 0. The predicted octanol–water partition coefficient (Wildman–Crippen LogP) is 4.48. The van der Waals surface area contributed by atoms with Gasteiger partial charge >= 0.3 is 0 Å². The van der Waals surface area contributed by atoms with Gasteiger partial charge in [0.1, 0.15) is 22.9 Å². The molecule has 40 heavy (non-hydrogen) atoms. The zero-order valence-corrected chi connectivity index (χ0v) is 22.9. The molecular weight excluding hydrogens is 524 g/mol. The van der Waals surface area contributed by atoms with E-state index in [0.717, 1.165) is 11.1 Å². The summed E-state index contributed by atoms with van der Waals surface area (Å²) < 4.78 is 6.18. The highest BCUT2D eigenvalue weighted by molar-refractivity contribution is 6.20. The van der Waals surface area contributed by atoms with Crippen molar-refractivity contribution < 1.29 is 25.2 Å². The van der Waals surface area contributed by atoms with Gasteiger partial charge in [0.25, 0.3) is 0 Å². The van der Waals surface area contributed by atoms with E-state index in [9.17, 15) is 20.4 Å². The number of aliphatic hydroxyl groups is 4. The molecule has 1 unspecified atom stereocenters. The molecule has 4 N–H and O–H groups in total. The average Bonchev–Trinajstić information content (AvgIpc) is 2.97. The molecule has 1 fully saturated rings. The second kappa shape index (κ2) is 11.8. The van der Waals surface area contributed by atoms with Crippen molar-refractivity contribution in [3.63, 3.8) is 0 Å². The monoisotopic (exact) mass is 558 g/mol. The Kier molecular flexibility index (Phi) is 8.43. The molecule has 4 aromatic rings. The Morgan fingerprint density at radius 2 is 0.950 bits per heavy atom. The molecule has 208 valence electrons. The topological polar surface area (TPSA) is 90.2 Å². The van der Waals surface area contributed by atoms with Gasteiger partial charge in [-0.25, -0.2) is 0 Å². The van der Waals surface area contributed by atoms with Crippen LogP contribution in [0.3, 0.4) is 0 Å². The van der Waals surface area contributed by atoms with E-state index in [0.29, 0.717) is 11.1 Å². The molecule has 1 saturated heterocycles. The summed E-state index contributed by atoms with van der Waals surface area (Å²) >= 11 is 6.84. The summed E-state index contributed by atoms with van der Waals surface area (Å²) in [7, 11) is 0. The van der Waals surface area contributed by atoms with Crippen LogP contribution in [0.1, 0.15) is 22.3 Å². The number of aliphatic hydroxyl groups excluding tert-OH is 1. The molecule has 0 bridgehead atoms. The Morgan fingerprint density at radius 3 is 1.40 bits per heavy atom. The Hall–Kier alpha value is -3.03. The summed E-state index contributed by atoms with van der Waals surface area (Å²) in [5.74, 6) is 0. The molecule has 6 heteroatoms. The zero-order chi connectivity index (χ0) is 28.2. The summed E-state index contributed by atoms with van der Waals surface area (Å²) in [5, 5.41) is 49.7. The maximum Gasteiger partial charge on any atom is 0.163 e. The van der Waals surface area contributed by atoms with Crippen LogP contribution in [0.2, 0.25) is 0 Å². The number of halogens is 1. The average molecular weight is 559 g/mol.